The predicted octanol–water partition coefficient (Wildman–Crippen LogP) is 12.3. The molecule has 0 bridgehead atoms. The van der Waals surface area contributed by atoms with Gasteiger partial charge in [0.05, 0.1) is 52.7 Å². The number of rotatable bonds is 24. The van der Waals surface area contributed by atoms with Crippen molar-refractivity contribution in [2.75, 3.05) is 110 Å². The summed E-state index contributed by atoms with van der Waals surface area (Å²) in [5.41, 5.74) is 9.31. The molecule has 6 aromatic carbocycles. The number of nitrogens with zero attached hydrogens (tertiary/aromatic N) is 15. The van der Waals surface area contributed by atoms with Crippen molar-refractivity contribution in [2.24, 2.45) is 0 Å². The van der Waals surface area contributed by atoms with Crippen molar-refractivity contribution in [1.82, 2.24) is 73.3 Å². The standard InChI is InChI=1S/3C26H30FN7.C2H2O4/c3*27-21-10-8-20(9-11-21)19-34-24-7-2-1-6-23(24)32-26(34)31-22-5-3-16-33(17-12-22)18-15-30-25-28-13-4-14-29-25;3-1(4)2(5)6/h3*1-2,4,6-11,13-14,22H,3,5,12,15-19H2,(H,31,32)(H,28,29,30);(H,3,4)(H,5,6). The Labute approximate surface area is 625 Å². The maximum atomic E-state index is 13.4. The molecule has 15 rings (SSSR count). The number of benzene rings is 6. The minimum Gasteiger partial charge on any atom is -0.473 e. The number of fused-ring (bicyclic) bond motifs is 3. The number of likely N-dealkylation sites (tertiary alicyclic amines) is 3. The second-order valence-corrected chi connectivity index (χ2v) is 26.9. The monoisotopic (exact) mass is 1470 g/mol. The number of aromatic nitrogens is 12. The summed E-state index contributed by atoms with van der Waals surface area (Å²) >= 11 is 0. The number of carboxylic acids is 2. The number of hydrogen-bond donors (Lipinski definition) is 8. The zero-order chi connectivity index (χ0) is 74.7. The van der Waals surface area contributed by atoms with Gasteiger partial charge in [-0.2, -0.15) is 0 Å². The molecule has 28 heteroatoms. The van der Waals surface area contributed by atoms with E-state index in [4.69, 9.17) is 34.8 Å². The molecule has 25 nitrogen and oxygen atoms in total. The van der Waals surface area contributed by atoms with Crippen LogP contribution >= 0.6 is 0 Å². The second kappa shape index (κ2) is 39.1. The van der Waals surface area contributed by atoms with Gasteiger partial charge in [-0.1, -0.05) is 72.8 Å². The topological polar surface area (TPSA) is 287 Å². The van der Waals surface area contributed by atoms with Crippen LogP contribution in [0.25, 0.3) is 33.1 Å². The van der Waals surface area contributed by atoms with Gasteiger partial charge in [0.25, 0.3) is 0 Å². The molecule has 0 amide bonds. The third-order valence-electron chi connectivity index (χ3n) is 19.2. The fraction of sp³-hybridized carbons (Fsp3) is 0.338. The SMILES string of the molecule is Fc1ccc(Cn2c(NC3CCCN(CCNc4ncccn4)CC3)nc3ccccc32)cc1.Fc1ccc(Cn2c(NC3CCCN(CCNc4ncccn4)CC3)nc3ccccc32)cc1.Fc1ccc(Cn2c(NC3CCCN(CCNc4ncccn4)CC3)nc3ccccc32)cc1.O=C(O)C(=O)O. The molecule has 0 spiro atoms. The predicted molar refractivity (Wildman–Crippen MR) is 416 cm³/mol. The first kappa shape index (κ1) is 76.0. The summed E-state index contributed by atoms with van der Waals surface area (Å²) < 4.78 is 46.8. The zero-order valence-corrected chi connectivity index (χ0v) is 60.3. The van der Waals surface area contributed by atoms with E-state index in [2.05, 4.69) is 108 Å². The van der Waals surface area contributed by atoms with E-state index in [1.807, 2.05) is 109 Å². The largest absolute Gasteiger partial charge is 0.473 e. The average Bonchev–Trinajstić information content (AvgIpc) is 1.66. The molecule has 9 heterocycles. The van der Waals surface area contributed by atoms with E-state index in [-0.39, 0.29) is 17.5 Å². The van der Waals surface area contributed by atoms with Crippen LogP contribution in [0, 0.1) is 17.5 Å². The van der Waals surface area contributed by atoms with Crippen LogP contribution < -0.4 is 31.9 Å². The molecular formula is C80H92F3N21O4. The van der Waals surface area contributed by atoms with Gasteiger partial charge in [0.15, 0.2) is 0 Å². The summed E-state index contributed by atoms with van der Waals surface area (Å²) in [6.07, 6.45) is 20.4. The summed E-state index contributed by atoms with van der Waals surface area (Å²) in [4.78, 5) is 65.7. The van der Waals surface area contributed by atoms with Gasteiger partial charge in [0, 0.05) is 114 Å². The van der Waals surface area contributed by atoms with Crippen LogP contribution in [0.1, 0.15) is 74.5 Å². The van der Waals surface area contributed by atoms with Crippen molar-refractivity contribution >= 4 is 80.7 Å². The number of para-hydroxylation sites is 6. The highest BCUT2D eigenvalue weighted by Crippen LogP contribution is 2.28. The molecule has 0 radical (unpaired) electrons. The average molecular weight is 1470 g/mol. The molecule has 3 aliphatic heterocycles. The van der Waals surface area contributed by atoms with E-state index in [9.17, 15) is 13.2 Å². The zero-order valence-electron chi connectivity index (χ0n) is 60.3. The Morgan fingerprint density at radius 2 is 0.620 bits per heavy atom. The molecule has 12 aromatic rings. The van der Waals surface area contributed by atoms with Gasteiger partial charge in [-0.05, 0) is 185 Å². The van der Waals surface area contributed by atoms with Crippen molar-refractivity contribution < 1.29 is 33.0 Å². The molecule has 3 atom stereocenters. The molecule has 3 fully saturated rings. The highest BCUT2D eigenvalue weighted by atomic mass is 19.1. The van der Waals surface area contributed by atoms with Gasteiger partial charge in [-0.3, -0.25) is 0 Å². The summed E-state index contributed by atoms with van der Waals surface area (Å²) in [5, 5.41) is 35.9. The Bertz CT molecular complexity index is 4270. The van der Waals surface area contributed by atoms with Gasteiger partial charge in [0.2, 0.25) is 35.7 Å². The second-order valence-electron chi connectivity index (χ2n) is 26.9. The number of hydrogen-bond acceptors (Lipinski definition) is 20. The van der Waals surface area contributed by atoms with Gasteiger partial charge in [0.1, 0.15) is 17.5 Å². The van der Waals surface area contributed by atoms with Gasteiger partial charge >= 0.3 is 11.9 Å². The number of carbonyl (C=O) groups is 2. The van der Waals surface area contributed by atoms with E-state index >= 15 is 0 Å². The van der Waals surface area contributed by atoms with Crippen molar-refractivity contribution in [1.29, 1.82) is 0 Å². The quantitative estimate of drug-likeness (QED) is 0.0261. The smallest absolute Gasteiger partial charge is 0.414 e. The van der Waals surface area contributed by atoms with Crippen molar-refractivity contribution in [3.63, 3.8) is 0 Å². The van der Waals surface area contributed by atoms with Gasteiger partial charge in [-0.15, -0.1) is 0 Å². The highest BCUT2D eigenvalue weighted by molar-refractivity contribution is 6.27. The molecule has 8 N–H and O–H groups in total. The Balaban J connectivity index is 0.000000146. The maximum Gasteiger partial charge on any atom is 0.414 e. The van der Waals surface area contributed by atoms with E-state index in [0.29, 0.717) is 55.6 Å². The van der Waals surface area contributed by atoms with E-state index in [1.54, 1.807) is 37.2 Å². The Kier molecular flexibility index (Phi) is 27.5. The van der Waals surface area contributed by atoms with Crippen molar-refractivity contribution in [3.8, 4) is 0 Å². The Morgan fingerprint density at radius 1 is 0.352 bits per heavy atom. The number of halogens is 3. The third kappa shape index (κ3) is 22.7. The normalized spacial score (nSPS) is 16.4. The molecule has 3 saturated heterocycles. The van der Waals surface area contributed by atoms with Crippen molar-refractivity contribution in [2.45, 2.75) is 95.5 Å². The Hall–Kier alpha value is -11.6. The minimum atomic E-state index is -1.82. The highest BCUT2D eigenvalue weighted by Gasteiger charge is 2.24. The van der Waals surface area contributed by atoms with Gasteiger partial charge in [-0.25, -0.2) is 67.6 Å². The van der Waals surface area contributed by atoms with Crippen LogP contribution in [0.15, 0.2) is 201 Å². The van der Waals surface area contributed by atoms with E-state index < -0.39 is 11.9 Å². The molecule has 562 valence electrons. The number of nitrogens with one attached hydrogen (secondary N) is 6. The molecule has 3 aliphatic rings. The van der Waals surface area contributed by atoms with Gasteiger partial charge < -0.3 is 70.5 Å². The summed E-state index contributed by atoms with van der Waals surface area (Å²) in [6, 6.07) is 51.2. The van der Waals surface area contributed by atoms with E-state index in [1.165, 1.54) is 36.4 Å². The lowest BCUT2D eigenvalue weighted by Gasteiger charge is -2.21. The maximum absolute atomic E-state index is 13.4. The van der Waals surface area contributed by atoms with Crippen molar-refractivity contribution in [3.05, 3.63) is 235 Å². The third-order valence-corrected chi connectivity index (χ3v) is 19.2. The summed E-state index contributed by atoms with van der Waals surface area (Å²) in [6.45, 7) is 13.7. The number of anilines is 6. The molecule has 0 aliphatic carbocycles. The first-order valence-electron chi connectivity index (χ1n) is 36.9. The minimum absolute atomic E-state index is 0.216. The molecular weight excluding hydrogens is 1380 g/mol. The molecule has 108 heavy (non-hydrogen) atoms. The van der Waals surface area contributed by atoms with Crippen LogP contribution in [0.4, 0.5) is 48.9 Å². The Morgan fingerprint density at radius 3 is 0.889 bits per heavy atom. The van der Waals surface area contributed by atoms with Crippen LogP contribution in [0.2, 0.25) is 0 Å². The molecule has 0 saturated carbocycles. The van der Waals surface area contributed by atoms with E-state index in [0.717, 1.165) is 204 Å². The lowest BCUT2D eigenvalue weighted by molar-refractivity contribution is -0.159. The molecule has 3 unspecified atom stereocenters. The van der Waals surface area contributed by atoms with Crippen LogP contribution in [-0.2, 0) is 29.2 Å². The number of aliphatic carboxylic acids is 2. The lowest BCUT2D eigenvalue weighted by atomic mass is 10.1. The fourth-order valence-corrected chi connectivity index (χ4v) is 13.6. The van der Waals surface area contributed by atoms with Crippen LogP contribution in [0.5, 0.6) is 0 Å². The number of carboxylic acid groups (broad SMARTS) is 2. The number of imidazole rings is 3. The summed E-state index contributed by atoms with van der Waals surface area (Å²) in [5.74, 6) is 0.382. The summed E-state index contributed by atoms with van der Waals surface area (Å²) in [7, 11) is 0. The molecule has 6 aromatic heterocycles. The lowest BCUT2D eigenvalue weighted by Crippen LogP contribution is -2.31. The first-order chi connectivity index (χ1) is 52.9. The first-order valence-corrected chi connectivity index (χ1v) is 36.9. The van der Waals surface area contributed by atoms with Crippen LogP contribution in [0.3, 0.4) is 0 Å². The fourth-order valence-electron chi connectivity index (χ4n) is 13.6. The van der Waals surface area contributed by atoms with Crippen LogP contribution in [-0.4, -0.2) is 192 Å².